The molecule has 4 aliphatic heterocycles. The fraction of sp³-hybridized carbons (Fsp3) is 0.708. The summed E-state index contributed by atoms with van der Waals surface area (Å²) in [6.45, 7) is 5.59. The van der Waals surface area contributed by atoms with Crippen molar-refractivity contribution in [2.75, 3.05) is 19.6 Å². The Bertz CT molecular complexity index is 1140. The highest BCUT2D eigenvalue weighted by atomic mass is 32.2. The molecule has 13 nitrogen and oxygen atoms in total. The lowest BCUT2D eigenvalue weighted by Gasteiger charge is -2.47. The van der Waals surface area contributed by atoms with E-state index in [4.69, 9.17) is 5.73 Å². The van der Waals surface area contributed by atoms with Gasteiger partial charge in [-0.1, -0.05) is 13.8 Å². The summed E-state index contributed by atoms with van der Waals surface area (Å²) in [5.41, 5.74) is 5.89. The summed E-state index contributed by atoms with van der Waals surface area (Å²) in [4.78, 5) is 55.1. The molecular formula is C24H34N8O5S. The first-order valence-electron chi connectivity index (χ1n) is 13.1. The summed E-state index contributed by atoms with van der Waals surface area (Å²) in [5, 5.41) is 24.1. The molecule has 1 unspecified atom stereocenters. The van der Waals surface area contributed by atoms with E-state index in [1.165, 1.54) is 27.7 Å². The number of Topliss-reactive ketones (excluding diaryl/α,β-unsaturated/α-hetero) is 1. The highest BCUT2D eigenvalue weighted by Gasteiger charge is 2.60. The Kier molecular flexibility index (Phi) is 7.56. The molecule has 5 heterocycles. The molecule has 7 atom stereocenters. The first kappa shape index (κ1) is 26.8. The molecule has 4 aliphatic rings. The number of nitrogens with one attached hydrogen (secondary N) is 1. The number of thioether (sulfide) groups is 1. The van der Waals surface area contributed by atoms with E-state index in [0.29, 0.717) is 24.4 Å². The smallest absolute Gasteiger partial charge is 0.353 e. The summed E-state index contributed by atoms with van der Waals surface area (Å²) in [6, 6.07) is -0.531. The van der Waals surface area contributed by atoms with Crippen LogP contribution < -0.4 is 11.1 Å². The van der Waals surface area contributed by atoms with Crippen LogP contribution in [0, 0.1) is 17.8 Å². The number of nitrogens with two attached hydrogens (primary N) is 1. The molecule has 5 rings (SSSR count). The van der Waals surface area contributed by atoms with E-state index in [1.54, 1.807) is 0 Å². The number of carboxylic acids is 1. The molecule has 206 valence electrons. The Morgan fingerprint density at radius 3 is 2.82 bits per heavy atom. The van der Waals surface area contributed by atoms with Crippen LogP contribution in [0.3, 0.4) is 0 Å². The van der Waals surface area contributed by atoms with Gasteiger partial charge in [0.05, 0.1) is 18.0 Å². The quantitative estimate of drug-likeness (QED) is 0.321. The first-order chi connectivity index (χ1) is 18.2. The maximum absolute atomic E-state index is 13.2. The fourth-order valence-electron chi connectivity index (χ4n) is 6.48. The largest absolute Gasteiger partial charge is 0.477 e. The zero-order valence-electron chi connectivity index (χ0n) is 21.5. The maximum atomic E-state index is 13.2. The van der Waals surface area contributed by atoms with Crippen molar-refractivity contribution in [2.24, 2.45) is 23.5 Å². The second kappa shape index (κ2) is 10.7. The summed E-state index contributed by atoms with van der Waals surface area (Å²) >= 11 is 1.46. The number of likely N-dealkylation sites (tertiary alicyclic amines) is 1. The van der Waals surface area contributed by atoms with Gasteiger partial charge in [-0.05, 0) is 35.6 Å². The van der Waals surface area contributed by atoms with Gasteiger partial charge in [-0.2, -0.15) is 0 Å². The van der Waals surface area contributed by atoms with E-state index < -0.39 is 11.9 Å². The molecule has 3 fully saturated rings. The maximum Gasteiger partial charge on any atom is 0.353 e. The molecule has 0 saturated carbocycles. The van der Waals surface area contributed by atoms with Gasteiger partial charge in [0.1, 0.15) is 18.6 Å². The van der Waals surface area contributed by atoms with Crippen molar-refractivity contribution in [1.82, 2.24) is 35.3 Å². The number of hydrogen-bond acceptors (Lipinski definition) is 10. The monoisotopic (exact) mass is 546 g/mol. The van der Waals surface area contributed by atoms with Crippen LogP contribution in [0.15, 0.2) is 16.9 Å². The molecule has 3 saturated heterocycles. The lowest BCUT2D eigenvalue weighted by atomic mass is 9.73. The number of carbonyl (C=O) groups excluding carboxylic acids is 3. The van der Waals surface area contributed by atoms with Gasteiger partial charge in [0.15, 0.2) is 5.78 Å². The minimum absolute atomic E-state index is 0.0113. The van der Waals surface area contributed by atoms with Crippen LogP contribution in [0.1, 0.15) is 39.5 Å². The first-order valence-corrected chi connectivity index (χ1v) is 14.0. The third-order valence-electron chi connectivity index (χ3n) is 8.30. The molecule has 0 aliphatic carbocycles. The summed E-state index contributed by atoms with van der Waals surface area (Å²) in [6.07, 6.45) is 4.01. The number of rotatable bonds is 10. The summed E-state index contributed by atoms with van der Waals surface area (Å²) in [7, 11) is 0. The number of tetrazole rings is 1. The second-order valence-electron chi connectivity index (χ2n) is 10.8. The van der Waals surface area contributed by atoms with Crippen molar-refractivity contribution in [3.8, 4) is 0 Å². The predicted octanol–water partition coefficient (Wildman–Crippen LogP) is -0.545. The molecule has 14 heteroatoms. The number of carbonyl (C=O) groups is 4. The van der Waals surface area contributed by atoms with Gasteiger partial charge in [0, 0.05) is 48.2 Å². The highest BCUT2D eigenvalue weighted by molar-refractivity contribution is 8.03. The molecule has 1 aromatic rings. The standard InChI is InChI=1S/C24H34N8O5S/c1-12(6-15(33)10-30-11-27-28-29-30)18-19-13(2)21(20(24(36)37)32(19)23(18)35)38-16-7-17(26-9-16)22(34)31-5-3-4-14(31)8-25/h11-14,16-19,26H,3-10,25H2,1-2H3,(H,36,37)/t12-,13+,14-,16-,17?,18+,19+/m0/s1. The van der Waals surface area contributed by atoms with Crippen LogP contribution >= 0.6 is 11.8 Å². The number of aliphatic carboxylic acids is 1. The molecule has 0 radical (unpaired) electrons. The van der Waals surface area contributed by atoms with Crippen molar-refractivity contribution in [3.63, 3.8) is 0 Å². The number of β-lactam (4-membered cyclic amide) rings is 1. The molecule has 0 spiro atoms. The van der Waals surface area contributed by atoms with Crippen LogP contribution in [-0.2, 0) is 25.7 Å². The van der Waals surface area contributed by atoms with Gasteiger partial charge in [0.2, 0.25) is 11.8 Å². The molecule has 0 bridgehead atoms. The molecule has 4 N–H and O–H groups in total. The lowest BCUT2D eigenvalue weighted by Crippen LogP contribution is -2.62. The van der Waals surface area contributed by atoms with Crippen molar-refractivity contribution in [1.29, 1.82) is 0 Å². The number of amides is 2. The van der Waals surface area contributed by atoms with Crippen molar-refractivity contribution in [2.45, 2.75) is 69.5 Å². The second-order valence-corrected chi connectivity index (χ2v) is 12.1. The Morgan fingerprint density at radius 2 is 2.13 bits per heavy atom. The van der Waals surface area contributed by atoms with Crippen LogP contribution in [0.2, 0.25) is 0 Å². The fourth-order valence-corrected chi connectivity index (χ4v) is 7.96. The average Bonchev–Trinajstić information content (AvgIpc) is 3.66. The zero-order valence-corrected chi connectivity index (χ0v) is 22.3. The Balaban J connectivity index is 1.24. The van der Waals surface area contributed by atoms with E-state index >= 15 is 0 Å². The van der Waals surface area contributed by atoms with E-state index in [1.807, 2.05) is 18.7 Å². The lowest BCUT2D eigenvalue weighted by molar-refractivity contribution is -0.160. The Labute approximate surface area is 224 Å². The minimum Gasteiger partial charge on any atom is -0.477 e. The number of nitrogens with zero attached hydrogens (tertiary/aromatic N) is 6. The molecular weight excluding hydrogens is 512 g/mol. The number of hydrogen-bond donors (Lipinski definition) is 3. The van der Waals surface area contributed by atoms with Gasteiger partial charge in [-0.25, -0.2) is 9.48 Å². The molecule has 1 aromatic heterocycles. The van der Waals surface area contributed by atoms with E-state index in [-0.39, 0.29) is 71.5 Å². The SMILES string of the molecule is C[C@@H](CC(=O)Cn1cnnn1)[C@H]1C(=O)N2C(C(=O)O)=C(S[C@@H]3CNC(C(=O)N4CCC[C@H]4CN)C3)[C@H](C)[C@H]12. The van der Waals surface area contributed by atoms with Crippen LogP contribution in [0.5, 0.6) is 0 Å². The van der Waals surface area contributed by atoms with Gasteiger partial charge in [-0.15, -0.1) is 16.9 Å². The van der Waals surface area contributed by atoms with Gasteiger partial charge < -0.3 is 26.0 Å². The average molecular weight is 547 g/mol. The number of aromatic nitrogens is 4. The van der Waals surface area contributed by atoms with Crippen LogP contribution in [-0.4, -0.2) is 102 Å². The molecule has 0 aromatic carbocycles. The predicted molar refractivity (Wildman–Crippen MR) is 136 cm³/mol. The highest BCUT2D eigenvalue weighted by Crippen LogP contribution is 2.53. The minimum atomic E-state index is -1.13. The van der Waals surface area contributed by atoms with Gasteiger partial charge in [-0.3, -0.25) is 14.4 Å². The van der Waals surface area contributed by atoms with Crippen LogP contribution in [0.4, 0.5) is 0 Å². The van der Waals surface area contributed by atoms with E-state index in [2.05, 4.69) is 20.8 Å². The third kappa shape index (κ3) is 4.73. The Hall–Kier alpha value is -2.84. The number of ketones is 1. The summed E-state index contributed by atoms with van der Waals surface area (Å²) in [5.74, 6) is -2.27. The molecule has 2 amide bonds. The van der Waals surface area contributed by atoms with Gasteiger partial charge in [0.25, 0.3) is 0 Å². The molecule has 38 heavy (non-hydrogen) atoms. The van der Waals surface area contributed by atoms with E-state index in [0.717, 1.165) is 19.4 Å². The van der Waals surface area contributed by atoms with Crippen molar-refractivity contribution >= 4 is 35.3 Å². The summed E-state index contributed by atoms with van der Waals surface area (Å²) < 4.78 is 1.34. The third-order valence-corrected chi connectivity index (χ3v) is 9.81. The number of carboxylic acid groups (broad SMARTS) is 1. The normalized spacial score (nSPS) is 31.5. The van der Waals surface area contributed by atoms with Crippen LogP contribution in [0.25, 0.3) is 0 Å². The zero-order chi connectivity index (χ0) is 27.1. The van der Waals surface area contributed by atoms with E-state index in [9.17, 15) is 24.3 Å². The van der Waals surface area contributed by atoms with Crippen molar-refractivity contribution < 1.29 is 24.3 Å². The number of fused-ring (bicyclic) bond motifs is 1. The topological polar surface area (TPSA) is 177 Å². The van der Waals surface area contributed by atoms with Gasteiger partial charge >= 0.3 is 5.97 Å². The Morgan fingerprint density at radius 1 is 1.34 bits per heavy atom. The van der Waals surface area contributed by atoms with Crippen molar-refractivity contribution in [3.05, 3.63) is 16.9 Å².